The Kier molecular flexibility index (Phi) is 4.74. The van der Waals surface area contributed by atoms with Crippen molar-refractivity contribution in [3.05, 3.63) is 35.5 Å². The number of nitrogens with zero attached hydrogens (tertiary/aromatic N) is 1. The number of methoxy groups -OCH3 is 1. The summed E-state index contributed by atoms with van der Waals surface area (Å²) in [5.74, 6) is 0.734. The van der Waals surface area contributed by atoms with Gasteiger partial charge in [-0.2, -0.15) is 0 Å². The van der Waals surface area contributed by atoms with E-state index in [2.05, 4.69) is 12.2 Å². The van der Waals surface area contributed by atoms with Gasteiger partial charge in [0.2, 0.25) is 0 Å². The van der Waals surface area contributed by atoms with Gasteiger partial charge in [-0.1, -0.05) is 25.5 Å². The second kappa shape index (κ2) is 6.52. The number of carbonyl (C=O) groups excluding carboxylic acids is 1. The molecule has 0 aliphatic carbocycles. The summed E-state index contributed by atoms with van der Waals surface area (Å²) < 4.78 is 5.11. The van der Waals surface area contributed by atoms with E-state index in [0.29, 0.717) is 17.4 Å². The summed E-state index contributed by atoms with van der Waals surface area (Å²) in [5.41, 5.74) is 1.46. The van der Waals surface area contributed by atoms with Crippen LogP contribution in [-0.2, 0) is 4.79 Å². The van der Waals surface area contributed by atoms with E-state index in [4.69, 9.17) is 17.0 Å². The quantitative estimate of drug-likeness (QED) is 0.668. The van der Waals surface area contributed by atoms with Gasteiger partial charge >= 0.3 is 0 Å². The number of rotatable bonds is 5. The summed E-state index contributed by atoms with van der Waals surface area (Å²) in [6.45, 7) is 2.76. The lowest BCUT2D eigenvalue weighted by Crippen LogP contribution is -2.31. The Morgan fingerprint density at radius 3 is 2.65 bits per heavy atom. The Morgan fingerprint density at radius 2 is 2.05 bits per heavy atom. The first-order valence-electron chi connectivity index (χ1n) is 6.64. The molecular formula is C15H18N2O2S. The maximum atomic E-state index is 12.2. The summed E-state index contributed by atoms with van der Waals surface area (Å²) in [6, 6.07) is 7.52. The Balaban J connectivity index is 2.14. The summed E-state index contributed by atoms with van der Waals surface area (Å²) >= 11 is 5.20. The molecule has 1 amide bonds. The van der Waals surface area contributed by atoms with E-state index >= 15 is 0 Å². The smallest absolute Gasteiger partial charge is 0.276 e. The molecule has 0 spiro atoms. The van der Waals surface area contributed by atoms with Crippen LogP contribution in [0.4, 0.5) is 0 Å². The Labute approximate surface area is 124 Å². The molecule has 0 atom stereocenters. The van der Waals surface area contributed by atoms with Crippen molar-refractivity contribution in [3.63, 3.8) is 0 Å². The van der Waals surface area contributed by atoms with Crippen LogP contribution in [-0.4, -0.2) is 29.6 Å². The molecule has 1 aromatic carbocycles. The monoisotopic (exact) mass is 290 g/mol. The van der Waals surface area contributed by atoms with Gasteiger partial charge in [0.25, 0.3) is 5.91 Å². The molecule has 0 saturated carbocycles. The Bertz CT molecular complexity index is 537. The summed E-state index contributed by atoms with van der Waals surface area (Å²) in [5, 5.41) is 3.47. The molecule has 2 rings (SSSR count). The van der Waals surface area contributed by atoms with Gasteiger partial charge in [-0.25, -0.2) is 0 Å². The predicted octanol–water partition coefficient (Wildman–Crippen LogP) is 2.55. The van der Waals surface area contributed by atoms with Crippen molar-refractivity contribution in [1.82, 2.24) is 10.2 Å². The van der Waals surface area contributed by atoms with Gasteiger partial charge in [0.1, 0.15) is 11.4 Å². The van der Waals surface area contributed by atoms with Crippen LogP contribution < -0.4 is 10.1 Å². The Morgan fingerprint density at radius 1 is 1.35 bits per heavy atom. The third-order valence-electron chi connectivity index (χ3n) is 3.12. The van der Waals surface area contributed by atoms with Crippen molar-refractivity contribution in [3.8, 4) is 5.75 Å². The van der Waals surface area contributed by atoms with Crippen LogP contribution in [0.3, 0.4) is 0 Å². The largest absolute Gasteiger partial charge is 0.497 e. The predicted molar refractivity (Wildman–Crippen MR) is 83.3 cm³/mol. The second-order valence-corrected chi connectivity index (χ2v) is 4.96. The zero-order valence-electron chi connectivity index (χ0n) is 11.7. The number of benzene rings is 1. The van der Waals surface area contributed by atoms with Crippen LogP contribution in [0.2, 0.25) is 0 Å². The van der Waals surface area contributed by atoms with Crippen molar-refractivity contribution in [1.29, 1.82) is 0 Å². The van der Waals surface area contributed by atoms with Crippen LogP contribution in [0.25, 0.3) is 6.08 Å². The maximum Gasteiger partial charge on any atom is 0.276 e. The van der Waals surface area contributed by atoms with Gasteiger partial charge < -0.3 is 10.1 Å². The molecule has 1 N–H and O–H groups in total. The average molecular weight is 290 g/mol. The van der Waals surface area contributed by atoms with E-state index in [1.54, 1.807) is 18.1 Å². The summed E-state index contributed by atoms with van der Waals surface area (Å²) in [4.78, 5) is 13.9. The number of ether oxygens (including phenoxy) is 1. The second-order valence-electron chi connectivity index (χ2n) is 4.57. The van der Waals surface area contributed by atoms with Gasteiger partial charge in [0, 0.05) is 6.54 Å². The van der Waals surface area contributed by atoms with Crippen molar-refractivity contribution in [2.24, 2.45) is 0 Å². The fourth-order valence-electron chi connectivity index (χ4n) is 1.96. The molecule has 1 fully saturated rings. The van der Waals surface area contributed by atoms with Gasteiger partial charge in [-0.3, -0.25) is 9.69 Å². The van der Waals surface area contributed by atoms with Gasteiger partial charge in [-0.15, -0.1) is 0 Å². The molecule has 0 unspecified atom stereocenters. The minimum atomic E-state index is -0.0562. The highest BCUT2D eigenvalue weighted by Crippen LogP contribution is 2.17. The number of amides is 1. The van der Waals surface area contributed by atoms with Crippen molar-refractivity contribution < 1.29 is 9.53 Å². The number of unbranched alkanes of at least 4 members (excludes halogenated alkanes) is 1. The third kappa shape index (κ3) is 3.17. The van der Waals surface area contributed by atoms with Crippen LogP contribution in [0.1, 0.15) is 25.3 Å². The highest BCUT2D eigenvalue weighted by Gasteiger charge is 2.29. The van der Waals surface area contributed by atoms with Gasteiger partial charge in [0.15, 0.2) is 5.11 Å². The molecule has 5 heteroatoms. The number of hydrogen-bond donors (Lipinski definition) is 1. The van der Waals surface area contributed by atoms with Gasteiger partial charge in [0.05, 0.1) is 7.11 Å². The normalized spacial score (nSPS) is 16.7. The van der Waals surface area contributed by atoms with Crippen LogP contribution in [0.15, 0.2) is 30.0 Å². The zero-order valence-corrected chi connectivity index (χ0v) is 12.5. The third-order valence-corrected chi connectivity index (χ3v) is 3.45. The van der Waals surface area contributed by atoms with E-state index < -0.39 is 0 Å². The molecule has 1 aliphatic rings. The molecule has 106 valence electrons. The van der Waals surface area contributed by atoms with E-state index in [1.807, 2.05) is 24.3 Å². The van der Waals surface area contributed by atoms with E-state index in [9.17, 15) is 4.79 Å². The van der Waals surface area contributed by atoms with Crippen LogP contribution >= 0.6 is 12.2 Å². The molecule has 1 aromatic rings. The zero-order chi connectivity index (χ0) is 14.5. The molecule has 4 nitrogen and oxygen atoms in total. The fourth-order valence-corrected chi connectivity index (χ4v) is 2.24. The summed E-state index contributed by atoms with van der Waals surface area (Å²) in [6.07, 6.45) is 3.79. The molecule has 0 radical (unpaired) electrons. The van der Waals surface area contributed by atoms with E-state index in [-0.39, 0.29) is 5.91 Å². The molecule has 20 heavy (non-hydrogen) atoms. The Hall–Kier alpha value is -1.88. The number of hydrogen-bond acceptors (Lipinski definition) is 3. The lowest BCUT2D eigenvalue weighted by atomic mass is 10.2. The van der Waals surface area contributed by atoms with Crippen molar-refractivity contribution in [2.75, 3.05) is 13.7 Å². The minimum absolute atomic E-state index is 0.0562. The first-order chi connectivity index (χ1) is 9.65. The SMILES string of the molecule is CCCCN1C(=O)/C(=C\c2ccc(OC)cc2)NC1=S. The summed E-state index contributed by atoms with van der Waals surface area (Å²) in [7, 11) is 1.62. The van der Waals surface area contributed by atoms with Gasteiger partial charge in [-0.05, 0) is 42.4 Å². The minimum Gasteiger partial charge on any atom is -0.497 e. The topological polar surface area (TPSA) is 41.6 Å². The molecule has 1 aliphatic heterocycles. The lowest BCUT2D eigenvalue weighted by Gasteiger charge is -2.12. The van der Waals surface area contributed by atoms with Crippen LogP contribution in [0.5, 0.6) is 5.75 Å². The van der Waals surface area contributed by atoms with Crippen molar-refractivity contribution in [2.45, 2.75) is 19.8 Å². The van der Waals surface area contributed by atoms with Crippen LogP contribution in [0, 0.1) is 0 Å². The lowest BCUT2D eigenvalue weighted by molar-refractivity contribution is -0.122. The fraction of sp³-hybridized carbons (Fsp3) is 0.333. The highest BCUT2D eigenvalue weighted by atomic mass is 32.1. The van der Waals surface area contributed by atoms with Crippen molar-refractivity contribution >= 4 is 29.3 Å². The van der Waals surface area contributed by atoms with E-state index in [1.165, 1.54) is 0 Å². The number of nitrogens with one attached hydrogen (secondary N) is 1. The maximum absolute atomic E-state index is 12.2. The molecular weight excluding hydrogens is 272 g/mol. The molecule has 0 aromatic heterocycles. The van der Waals surface area contributed by atoms with E-state index in [0.717, 1.165) is 24.2 Å². The first-order valence-corrected chi connectivity index (χ1v) is 7.05. The highest BCUT2D eigenvalue weighted by molar-refractivity contribution is 7.80. The molecule has 0 bridgehead atoms. The standard InChI is InChI=1S/C15H18N2O2S/c1-3-4-9-17-14(18)13(16-15(17)20)10-11-5-7-12(19-2)8-6-11/h5-8,10H,3-4,9H2,1-2H3,(H,16,20)/b13-10+. The number of thiocarbonyl (C=S) groups is 1. The molecule has 1 heterocycles. The molecule has 1 saturated heterocycles. The average Bonchev–Trinajstić information content (AvgIpc) is 2.72. The number of carbonyl (C=O) groups is 1. The first kappa shape index (κ1) is 14.5.